The predicted octanol–water partition coefficient (Wildman–Crippen LogP) is 16.1. The van der Waals surface area contributed by atoms with Crippen LogP contribution in [0.2, 0.25) is 0 Å². The Balaban J connectivity index is 0.000000161. The van der Waals surface area contributed by atoms with Crippen molar-refractivity contribution in [3.05, 3.63) is 231 Å². The Morgan fingerprint density at radius 2 is 0.773 bits per heavy atom. The van der Waals surface area contributed by atoms with Gasteiger partial charge in [0.15, 0.2) is 22.6 Å². The lowest BCUT2D eigenvalue weighted by molar-refractivity contribution is -0.148. The number of methoxy groups -OCH3 is 1. The molecule has 0 radical (unpaired) electrons. The molecule has 706 valence electrons. The highest BCUT2D eigenvalue weighted by atomic mass is 35.7. The van der Waals surface area contributed by atoms with Gasteiger partial charge in [-0.25, -0.2) is 52.3 Å². The van der Waals surface area contributed by atoms with Crippen molar-refractivity contribution >= 4 is 70.4 Å². The number of aliphatic hydroxyl groups excluding tert-OH is 1. The molecule has 2 aliphatic rings. The third-order valence-electron chi connectivity index (χ3n) is 22.1. The molecule has 37 heteroatoms. The number of rotatable bonds is 13. The minimum atomic E-state index is -4.51. The molecular weight excluding hydrogens is 1750 g/mol. The number of pyridine rings is 4. The van der Waals surface area contributed by atoms with Crippen LogP contribution in [0.1, 0.15) is 163 Å². The molecular formula is C95H117ClF6N20O9S. The van der Waals surface area contributed by atoms with Gasteiger partial charge in [-0.1, -0.05) is 132 Å². The van der Waals surface area contributed by atoms with E-state index in [9.17, 15) is 63.8 Å². The second-order valence-electron chi connectivity index (χ2n) is 38.3. The van der Waals surface area contributed by atoms with Crippen LogP contribution in [0.4, 0.5) is 26.3 Å². The first-order chi connectivity index (χ1) is 61.4. The smallest absolute Gasteiger partial charge is 0.451 e. The van der Waals surface area contributed by atoms with Gasteiger partial charge in [-0.05, 0) is 174 Å². The van der Waals surface area contributed by atoms with Crippen LogP contribution < -0.4 is 28.1 Å². The number of hydrogen-bond donors (Lipinski definition) is 2. The van der Waals surface area contributed by atoms with Crippen LogP contribution in [0.25, 0.3) is 89.7 Å². The predicted molar refractivity (Wildman–Crippen MR) is 502 cm³/mol. The van der Waals surface area contributed by atoms with Gasteiger partial charge >= 0.3 is 41.1 Å². The fraction of sp³-hybridized carbons (Fsp3) is 0.442. The minimum absolute atomic E-state index is 0.00280. The number of carbonyl (C=O) groups is 1. The molecule has 0 atom stereocenters. The lowest BCUT2D eigenvalue weighted by Gasteiger charge is -2.28. The Labute approximate surface area is 766 Å². The molecule has 14 aromatic rings. The van der Waals surface area contributed by atoms with Gasteiger partial charge in [0.05, 0.1) is 83.5 Å². The highest BCUT2D eigenvalue weighted by molar-refractivity contribution is 8.13. The lowest BCUT2D eigenvalue weighted by Crippen LogP contribution is -2.34. The average Bonchev–Trinajstić information content (AvgIpc) is 1.61. The molecule has 0 fully saturated rings. The molecule has 0 spiro atoms. The maximum absolute atomic E-state index is 13.2. The number of hydrogen-bond acceptors (Lipinski definition) is 19. The van der Waals surface area contributed by atoms with Crippen molar-refractivity contribution in [2.24, 2.45) is 49.9 Å². The average molecular weight is 1860 g/mol. The summed E-state index contributed by atoms with van der Waals surface area (Å²) < 4.78 is 116. The summed E-state index contributed by atoms with van der Waals surface area (Å²) in [5.74, 6) is -1.56. The third kappa shape index (κ3) is 23.9. The van der Waals surface area contributed by atoms with Gasteiger partial charge in [-0.3, -0.25) is 41.4 Å². The largest absolute Gasteiger partial charge is 0.465 e. The van der Waals surface area contributed by atoms with Gasteiger partial charge in [-0.15, -0.1) is 20.4 Å². The van der Waals surface area contributed by atoms with Crippen molar-refractivity contribution in [2.75, 3.05) is 26.5 Å². The van der Waals surface area contributed by atoms with E-state index in [4.69, 9.17) is 24.7 Å². The summed E-state index contributed by atoms with van der Waals surface area (Å²) in [7, 11) is 9.71. The number of aromatic nitrogens is 18. The van der Waals surface area contributed by atoms with Gasteiger partial charge in [0.25, 0.3) is 0 Å². The number of imidazole rings is 4. The van der Waals surface area contributed by atoms with E-state index in [0.29, 0.717) is 98.8 Å². The zero-order chi connectivity index (χ0) is 97.3. The molecule has 2 aliphatic heterocycles. The molecule has 0 saturated carbocycles. The van der Waals surface area contributed by atoms with Crippen LogP contribution >= 0.6 is 10.7 Å². The van der Waals surface area contributed by atoms with E-state index in [-0.39, 0.29) is 70.1 Å². The zero-order valence-electron chi connectivity index (χ0n) is 79.0. The molecule has 0 amide bonds. The summed E-state index contributed by atoms with van der Waals surface area (Å²) in [5.41, 5.74) is 20.8. The van der Waals surface area contributed by atoms with Crippen LogP contribution in [0.3, 0.4) is 0 Å². The van der Waals surface area contributed by atoms with Crippen molar-refractivity contribution in [1.82, 2.24) is 96.2 Å². The molecule has 16 rings (SSSR count). The van der Waals surface area contributed by atoms with E-state index in [1.54, 1.807) is 72.3 Å². The van der Waals surface area contributed by atoms with E-state index in [0.717, 1.165) is 117 Å². The van der Waals surface area contributed by atoms with E-state index < -0.39 is 33.1 Å². The van der Waals surface area contributed by atoms with Gasteiger partial charge in [-0.2, -0.15) is 26.3 Å². The molecule has 0 aliphatic carbocycles. The van der Waals surface area contributed by atoms with Gasteiger partial charge < -0.3 is 24.3 Å². The van der Waals surface area contributed by atoms with Crippen molar-refractivity contribution in [2.45, 2.75) is 202 Å². The molecule has 10 aromatic heterocycles. The van der Waals surface area contributed by atoms with Crippen LogP contribution in [-0.2, 0) is 126 Å². The monoisotopic (exact) mass is 1860 g/mol. The maximum atomic E-state index is 13.2. The Kier molecular flexibility index (Phi) is 30.0. The Morgan fingerprint density at radius 3 is 1.11 bits per heavy atom. The highest BCUT2D eigenvalue weighted by Gasteiger charge is 2.41. The van der Waals surface area contributed by atoms with Crippen LogP contribution in [-0.4, -0.2) is 137 Å². The Morgan fingerprint density at radius 1 is 0.455 bits per heavy atom. The number of ether oxygens (including phenoxy) is 1. The first-order valence-electron chi connectivity index (χ1n) is 43.1. The number of alkyl halides is 6. The van der Waals surface area contributed by atoms with E-state index >= 15 is 0 Å². The Hall–Kier alpha value is -12.0. The number of nitrogens with one attached hydrogen (secondary N) is 1. The normalized spacial score (nSPS) is 13.3. The summed E-state index contributed by atoms with van der Waals surface area (Å²) in [5, 5.41) is 26.0. The fourth-order valence-electron chi connectivity index (χ4n) is 15.7. The molecule has 4 aromatic carbocycles. The van der Waals surface area contributed by atoms with Crippen molar-refractivity contribution in [1.29, 1.82) is 0 Å². The highest BCUT2D eigenvalue weighted by Crippen LogP contribution is 2.36. The minimum Gasteiger partial charge on any atom is -0.465 e. The van der Waals surface area contributed by atoms with Gasteiger partial charge in [0.1, 0.15) is 11.6 Å². The van der Waals surface area contributed by atoms with Gasteiger partial charge in [0, 0.05) is 120 Å². The maximum Gasteiger partial charge on any atom is 0.451 e. The molecule has 2 N–H and O–H groups in total. The number of fused-ring (bicyclic) bond motifs is 6. The summed E-state index contributed by atoms with van der Waals surface area (Å²) in [6.45, 7) is 40.8. The number of halogens is 7. The second-order valence-corrected chi connectivity index (χ2v) is 41.4. The van der Waals surface area contributed by atoms with Crippen LogP contribution in [0.15, 0.2) is 141 Å². The van der Waals surface area contributed by atoms with Crippen LogP contribution in [0.5, 0.6) is 0 Å². The molecule has 0 saturated heterocycles. The third-order valence-corrected chi connectivity index (χ3v) is 22.1. The number of carbonyl (C=O) groups excluding carboxylic acids is 1. The standard InChI is InChI=1S/C26H30F3N7O.C21H25N3O3.C21H27N3O.C20H25N3O2.C6H7F3N4.CH3ClO2S/c1-16-6-7-17(13-34-10-11-35-21(14-34)31-32-23(35)26(27,28)29)12-18(16)19-8-9-20-22(30-19)33(5)24(37)36(20)15-25(2,3)4;1-13-7-8-14(19(25)27-6)11-15(13)16-9-10-17-18(22-16)23(5)20(26)24(17)12-21(2,3)4;1-7-15-9-8-14(2)16(12-15)17-10-11-18-19(22-17)23(6)20(25)24(18)13-21(3,4)5;1-13-6-7-14(11-24)10-15(13)16-8-9-17-18(21-16)22(5)19(25)23(17)12-20(2,3)4;7-6(8,9)5-12-11-4-3-10-1-2-13(4)5;1-5(2,3)4/h6-9,12H,10-11,13-15H2,1-5H3;7-11H,12H2,1-6H3;8-12H,7,13H2,1-6H3;6-10,24H,11-12H2,1-5H3;10H,1-3H2;1H3. The second kappa shape index (κ2) is 39.4. The number of aliphatic hydroxyl groups is 1. The zero-order valence-corrected chi connectivity index (χ0v) is 80.6. The van der Waals surface area contributed by atoms with Crippen LogP contribution in [0, 0.1) is 49.4 Å². The summed E-state index contributed by atoms with van der Waals surface area (Å²) in [4.78, 5) is 84.0. The molecule has 132 heavy (non-hydrogen) atoms. The molecule has 12 heterocycles. The Bertz CT molecular complexity index is 6840. The summed E-state index contributed by atoms with van der Waals surface area (Å²) >= 11 is 0. The number of benzene rings is 4. The summed E-state index contributed by atoms with van der Waals surface area (Å²) in [6, 6.07) is 39.5. The van der Waals surface area contributed by atoms with Gasteiger partial charge in [0.2, 0.25) is 20.7 Å². The topological polar surface area (TPSA) is 317 Å². The van der Waals surface area contributed by atoms with E-state index in [2.05, 4.69) is 162 Å². The number of nitrogens with zero attached hydrogens (tertiary/aromatic N) is 19. The molecule has 29 nitrogen and oxygen atoms in total. The van der Waals surface area contributed by atoms with Crippen molar-refractivity contribution in [3.8, 4) is 45.0 Å². The number of esters is 1. The van der Waals surface area contributed by atoms with E-state index in [1.165, 1.54) is 18.2 Å². The molecule has 0 bridgehead atoms. The summed E-state index contributed by atoms with van der Waals surface area (Å²) in [6.07, 6.45) is -6.99. The quantitative estimate of drug-likeness (QED) is 0.0615. The number of aryl methyl sites for hydroxylation is 9. The fourth-order valence-corrected chi connectivity index (χ4v) is 15.7. The first kappa shape index (κ1) is 101. The van der Waals surface area contributed by atoms with Crippen molar-refractivity contribution in [3.63, 3.8) is 0 Å². The first-order valence-corrected chi connectivity index (χ1v) is 45.8. The SMILES string of the molecule is CCc1ccc(C)c(-c2ccc3c(n2)n(C)c(=O)n3CC(C)(C)C)c1.COC(=O)c1ccc(C)c(-c2ccc3c(n2)n(C)c(=O)n3CC(C)(C)C)c1.CS(=O)(=O)Cl.Cc1ccc(CN2CCn3c(nnc3C(F)(F)F)C2)cc1-c1ccc2c(n1)n(C)c(=O)n2CC(C)(C)C.Cc1ccc(CO)cc1-c1ccc2c(n1)n(C)c(=O)n2CC(C)(C)C.FC(F)(F)c1nnc2n1CCNC2. The van der Waals surface area contributed by atoms with Crippen molar-refractivity contribution < 1.29 is 49.4 Å². The lowest BCUT2D eigenvalue weighted by atomic mass is 9.97. The van der Waals surface area contributed by atoms with E-state index in [1.807, 2.05) is 110 Å². The molecule has 0 unspecified atom stereocenters.